The number of nitrogens with zero attached hydrogens (tertiary/aromatic N) is 2. The Morgan fingerprint density at radius 3 is 2.89 bits per heavy atom. The molecule has 0 bridgehead atoms. The topological polar surface area (TPSA) is 109 Å². The van der Waals surface area contributed by atoms with Crippen molar-refractivity contribution in [2.75, 3.05) is 25.1 Å². The highest BCUT2D eigenvalue weighted by atomic mass is 32.2. The van der Waals surface area contributed by atoms with E-state index < -0.39 is 10.0 Å². The van der Waals surface area contributed by atoms with E-state index in [0.717, 1.165) is 12.8 Å². The molecule has 1 atom stereocenters. The number of rotatable bonds is 2. The number of anilines is 1. The number of nitrogens with one attached hydrogen (secondary N) is 1. The predicted molar refractivity (Wildman–Crippen MR) is 67.7 cm³/mol. The minimum absolute atomic E-state index is 0.0639. The molecule has 1 aliphatic heterocycles. The van der Waals surface area contributed by atoms with Gasteiger partial charge in [-0.3, -0.25) is 9.78 Å². The summed E-state index contributed by atoms with van der Waals surface area (Å²) in [6, 6.07) is 1.38. The molecule has 1 aromatic rings. The monoisotopic (exact) mass is 272 g/mol. The number of sulfonamides is 1. The van der Waals surface area contributed by atoms with Gasteiger partial charge in [-0.25, -0.2) is 17.7 Å². The summed E-state index contributed by atoms with van der Waals surface area (Å²) in [5.41, 5.74) is 5.74. The summed E-state index contributed by atoms with van der Waals surface area (Å²) in [6.07, 6.45) is 2.75. The number of H-pyrrole nitrogens is 1. The molecule has 0 amide bonds. The van der Waals surface area contributed by atoms with Crippen molar-refractivity contribution < 1.29 is 8.42 Å². The van der Waals surface area contributed by atoms with Crippen LogP contribution in [0, 0.1) is 0 Å². The minimum Gasteiger partial charge on any atom is -0.369 e. The van der Waals surface area contributed by atoms with E-state index in [-0.39, 0.29) is 17.4 Å². The molecule has 1 aliphatic rings. The smallest absolute Gasteiger partial charge is 0.252 e. The van der Waals surface area contributed by atoms with Gasteiger partial charge in [0.1, 0.15) is 0 Å². The van der Waals surface area contributed by atoms with E-state index in [4.69, 9.17) is 5.73 Å². The average Bonchev–Trinajstić information content (AvgIpc) is 2.27. The molecule has 2 rings (SSSR count). The van der Waals surface area contributed by atoms with Crippen LogP contribution in [-0.4, -0.2) is 42.0 Å². The first-order valence-electron chi connectivity index (χ1n) is 5.68. The van der Waals surface area contributed by atoms with E-state index >= 15 is 0 Å². The van der Waals surface area contributed by atoms with E-state index in [9.17, 15) is 13.2 Å². The van der Waals surface area contributed by atoms with E-state index in [0.29, 0.717) is 18.8 Å². The van der Waals surface area contributed by atoms with Crippen LogP contribution in [-0.2, 0) is 10.0 Å². The number of nitrogens with two attached hydrogens (primary N) is 1. The second-order valence-corrected chi connectivity index (χ2v) is 6.50. The first-order chi connectivity index (χ1) is 8.36. The molecule has 1 aromatic heterocycles. The highest BCUT2D eigenvalue weighted by molar-refractivity contribution is 7.88. The van der Waals surface area contributed by atoms with Gasteiger partial charge in [0.15, 0.2) is 0 Å². The lowest BCUT2D eigenvalue weighted by atomic mass is 9.96. The summed E-state index contributed by atoms with van der Waals surface area (Å²) >= 11 is 0. The summed E-state index contributed by atoms with van der Waals surface area (Å²) in [4.78, 5) is 17.8. The molecule has 1 fully saturated rings. The zero-order valence-corrected chi connectivity index (χ0v) is 10.9. The number of piperidine rings is 1. The molecule has 18 heavy (non-hydrogen) atoms. The van der Waals surface area contributed by atoms with Crippen LogP contribution in [0.3, 0.4) is 0 Å². The van der Waals surface area contributed by atoms with Gasteiger partial charge >= 0.3 is 0 Å². The summed E-state index contributed by atoms with van der Waals surface area (Å²) in [6.45, 7) is 0.878. The maximum Gasteiger partial charge on any atom is 0.252 e. The lowest BCUT2D eigenvalue weighted by Crippen LogP contribution is -2.38. The lowest BCUT2D eigenvalue weighted by Gasteiger charge is -2.30. The van der Waals surface area contributed by atoms with Crippen LogP contribution in [0.15, 0.2) is 10.9 Å². The average molecular weight is 272 g/mol. The molecule has 2 heterocycles. The molecule has 8 heteroatoms. The molecule has 0 aliphatic carbocycles. The maximum atomic E-state index is 11.5. The van der Waals surface area contributed by atoms with Crippen molar-refractivity contribution in [1.29, 1.82) is 0 Å². The molecule has 0 unspecified atom stereocenters. The standard InChI is InChI=1S/C10H16N4O3S/c1-18(16,17)14-4-2-3-7(6-14)8-5-9(15)13-10(11)12-8/h5,7H,2-4,6H2,1H3,(H3,11,12,13,15)/t7-/m1/s1. The minimum atomic E-state index is -3.20. The quantitative estimate of drug-likeness (QED) is 0.753. The molecule has 0 aromatic carbocycles. The van der Waals surface area contributed by atoms with Gasteiger partial charge in [0.05, 0.1) is 11.9 Å². The SMILES string of the molecule is CS(=O)(=O)N1CCC[C@@H](c2cc(=O)[nH]c(N)n2)C1. The fraction of sp³-hybridized carbons (Fsp3) is 0.600. The largest absolute Gasteiger partial charge is 0.369 e. The van der Waals surface area contributed by atoms with Crippen LogP contribution in [0.2, 0.25) is 0 Å². The van der Waals surface area contributed by atoms with Crippen molar-refractivity contribution in [2.45, 2.75) is 18.8 Å². The Hall–Kier alpha value is -1.41. The van der Waals surface area contributed by atoms with Crippen molar-refractivity contribution in [1.82, 2.24) is 14.3 Å². The fourth-order valence-electron chi connectivity index (χ4n) is 2.19. The van der Waals surface area contributed by atoms with E-state index in [1.165, 1.54) is 16.6 Å². The van der Waals surface area contributed by atoms with Crippen LogP contribution in [0.5, 0.6) is 0 Å². The van der Waals surface area contributed by atoms with Crippen molar-refractivity contribution in [3.05, 3.63) is 22.1 Å². The summed E-state index contributed by atoms with van der Waals surface area (Å²) in [5.74, 6) is -0.00736. The number of aromatic nitrogens is 2. The fourth-order valence-corrected chi connectivity index (χ4v) is 3.10. The van der Waals surface area contributed by atoms with E-state index in [1.807, 2.05) is 0 Å². The van der Waals surface area contributed by atoms with Gasteiger partial charge in [-0.2, -0.15) is 0 Å². The predicted octanol–water partition coefficient (Wildman–Crippen LogP) is -0.509. The molecule has 1 saturated heterocycles. The number of hydrogen-bond donors (Lipinski definition) is 2. The Labute approximate surface area is 105 Å². The Kier molecular flexibility index (Phi) is 3.40. The van der Waals surface area contributed by atoms with E-state index in [1.54, 1.807) is 0 Å². The Bertz CT molecular complexity index is 595. The summed E-state index contributed by atoms with van der Waals surface area (Å²) < 4.78 is 24.4. The zero-order valence-electron chi connectivity index (χ0n) is 10.1. The third-order valence-corrected chi connectivity index (χ3v) is 4.32. The first kappa shape index (κ1) is 13.0. The van der Waals surface area contributed by atoms with Crippen molar-refractivity contribution in [3.63, 3.8) is 0 Å². The molecule has 3 N–H and O–H groups in total. The van der Waals surface area contributed by atoms with Gasteiger partial charge < -0.3 is 5.73 Å². The van der Waals surface area contributed by atoms with Gasteiger partial charge in [-0.1, -0.05) is 0 Å². The normalized spacial score (nSPS) is 21.9. The van der Waals surface area contributed by atoms with E-state index in [2.05, 4.69) is 9.97 Å². The van der Waals surface area contributed by atoms with Crippen LogP contribution in [0.25, 0.3) is 0 Å². The van der Waals surface area contributed by atoms with Gasteiger partial charge in [0.2, 0.25) is 16.0 Å². The molecule has 100 valence electrons. The highest BCUT2D eigenvalue weighted by Crippen LogP contribution is 2.26. The Balaban J connectivity index is 2.26. The summed E-state index contributed by atoms with van der Waals surface area (Å²) in [7, 11) is -3.20. The molecule has 0 saturated carbocycles. The van der Waals surface area contributed by atoms with Crippen LogP contribution < -0.4 is 11.3 Å². The second-order valence-electron chi connectivity index (χ2n) is 4.52. The van der Waals surface area contributed by atoms with Crippen molar-refractivity contribution >= 4 is 16.0 Å². The number of nitrogen functional groups attached to an aromatic ring is 1. The first-order valence-corrected chi connectivity index (χ1v) is 7.53. The molecule has 0 spiro atoms. The summed E-state index contributed by atoms with van der Waals surface area (Å²) in [5, 5.41) is 0. The third-order valence-electron chi connectivity index (χ3n) is 3.05. The van der Waals surface area contributed by atoms with Crippen LogP contribution in [0.4, 0.5) is 5.95 Å². The van der Waals surface area contributed by atoms with Gasteiger partial charge in [0, 0.05) is 25.1 Å². The maximum absolute atomic E-state index is 11.5. The zero-order chi connectivity index (χ0) is 13.3. The van der Waals surface area contributed by atoms with Gasteiger partial charge in [-0.05, 0) is 12.8 Å². The van der Waals surface area contributed by atoms with Crippen molar-refractivity contribution in [3.8, 4) is 0 Å². The molecular formula is C10H16N4O3S. The molecule has 0 radical (unpaired) electrons. The van der Waals surface area contributed by atoms with Gasteiger partial charge in [-0.15, -0.1) is 0 Å². The molecule has 7 nitrogen and oxygen atoms in total. The number of aromatic amines is 1. The second kappa shape index (κ2) is 4.69. The van der Waals surface area contributed by atoms with Crippen LogP contribution >= 0.6 is 0 Å². The van der Waals surface area contributed by atoms with Gasteiger partial charge in [0.25, 0.3) is 5.56 Å². The molecular weight excluding hydrogens is 256 g/mol. The van der Waals surface area contributed by atoms with Crippen molar-refractivity contribution in [2.24, 2.45) is 0 Å². The highest BCUT2D eigenvalue weighted by Gasteiger charge is 2.27. The number of hydrogen-bond acceptors (Lipinski definition) is 5. The Morgan fingerprint density at radius 1 is 1.56 bits per heavy atom. The lowest BCUT2D eigenvalue weighted by molar-refractivity contribution is 0.314. The third kappa shape index (κ3) is 2.88. The Morgan fingerprint density at radius 2 is 2.28 bits per heavy atom. The van der Waals surface area contributed by atoms with Crippen LogP contribution in [0.1, 0.15) is 24.5 Å².